The largest absolute Gasteiger partial charge is 0.480 e. The number of aliphatic carboxylic acids is 1. The molecule has 2 aromatic carbocycles. The van der Waals surface area contributed by atoms with Crippen molar-refractivity contribution < 1.29 is 19.1 Å². The van der Waals surface area contributed by atoms with Crippen LogP contribution in [0, 0.1) is 12.7 Å². The van der Waals surface area contributed by atoms with Gasteiger partial charge in [0, 0.05) is 11.0 Å². The molecular weight excluding hydrogens is 441 g/mol. The Morgan fingerprint density at radius 1 is 1.18 bits per heavy atom. The Hall–Kier alpha value is -3.13. The maximum Gasteiger partial charge on any atom is 0.323 e. The van der Waals surface area contributed by atoms with E-state index in [4.69, 9.17) is 5.10 Å². The molecule has 0 aliphatic carbocycles. The molecule has 1 aromatic heterocycles. The Bertz CT molecular complexity index is 1210. The van der Waals surface area contributed by atoms with Gasteiger partial charge in [0.2, 0.25) is 5.91 Å². The number of thioether (sulfide) groups is 1. The number of aromatic nitrogens is 2. The van der Waals surface area contributed by atoms with E-state index >= 15 is 0 Å². The van der Waals surface area contributed by atoms with Crippen LogP contribution in [0.5, 0.6) is 0 Å². The SMILES string of the molecule is Cc1ccccc1-n1nc(C(C)(C)C)c2c1N(CC(=O)O)C(=O)CSC2c1ccc(F)cc1. The lowest BCUT2D eigenvalue weighted by molar-refractivity contribution is -0.136. The van der Waals surface area contributed by atoms with Gasteiger partial charge in [-0.2, -0.15) is 5.10 Å². The second-order valence-electron chi connectivity index (χ2n) is 9.15. The number of carboxylic acids is 1. The number of halogens is 1. The number of fused-ring (bicyclic) bond motifs is 1. The standard InChI is InChI=1S/C25H26FN3O3S/c1-15-7-5-6-8-18(15)29-24-21(23(27-29)25(2,3)4)22(16-9-11-17(26)12-10-16)33-14-19(30)28(24)13-20(31)32/h5-12,22H,13-14H2,1-4H3,(H,31,32). The summed E-state index contributed by atoms with van der Waals surface area (Å²) in [5.74, 6) is -1.19. The molecule has 0 bridgehead atoms. The molecule has 33 heavy (non-hydrogen) atoms. The summed E-state index contributed by atoms with van der Waals surface area (Å²) in [6.45, 7) is 7.60. The van der Waals surface area contributed by atoms with E-state index in [1.54, 1.807) is 16.8 Å². The smallest absolute Gasteiger partial charge is 0.323 e. The number of rotatable bonds is 4. The van der Waals surface area contributed by atoms with Gasteiger partial charge in [-0.3, -0.25) is 14.5 Å². The fourth-order valence-electron chi connectivity index (χ4n) is 4.08. The molecule has 0 fully saturated rings. The average molecular weight is 468 g/mol. The molecule has 1 unspecified atom stereocenters. The molecular formula is C25H26FN3O3S. The van der Waals surface area contributed by atoms with Gasteiger partial charge in [0.15, 0.2) is 0 Å². The van der Waals surface area contributed by atoms with Crippen LogP contribution in [0.2, 0.25) is 0 Å². The molecule has 1 aliphatic heterocycles. The van der Waals surface area contributed by atoms with E-state index in [0.29, 0.717) is 5.82 Å². The van der Waals surface area contributed by atoms with Gasteiger partial charge in [-0.1, -0.05) is 51.1 Å². The number of amides is 1. The molecule has 0 saturated carbocycles. The van der Waals surface area contributed by atoms with Crippen LogP contribution in [-0.2, 0) is 15.0 Å². The zero-order valence-corrected chi connectivity index (χ0v) is 19.8. The third-order valence-corrected chi connectivity index (χ3v) is 6.86. The lowest BCUT2D eigenvalue weighted by atomic mass is 9.87. The van der Waals surface area contributed by atoms with Crippen molar-refractivity contribution in [3.63, 3.8) is 0 Å². The summed E-state index contributed by atoms with van der Waals surface area (Å²) in [4.78, 5) is 26.3. The highest BCUT2D eigenvalue weighted by molar-refractivity contribution is 8.00. The maximum absolute atomic E-state index is 13.7. The Balaban J connectivity index is 2.08. The molecule has 1 amide bonds. The monoisotopic (exact) mass is 467 g/mol. The van der Waals surface area contributed by atoms with Gasteiger partial charge >= 0.3 is 5.97 Å². The number of aryl methyl sites for hydroxylation is 1. The fourth-order valence-corrected chi connectivity index (χ4v) is 5.28. The molecule has 4 rings (SSSR count). The highest BCUT2D eigenvalue weighted by Crippen LogP contribution is 2.48. The zero-order chi connectivity index (χ0) is 23.9. The first kappa shape index (κ1) is 23.0. The van der Waals surface area contributed by atoms with E-state index in [1.165, 1.54) is 28.8 Å². The van der Waals surface area contributed by atoms with Crippen LogP contribution in [0.1, 0.15) is 48.4 Å². The normalized spacial score (nSPS) is 16.5. The molecule has 8 heteroatoms. The molecule has 1 aliphatic rings. The Morgan fingerprint density at radius 2 is 1.85 bits per heavy atom. The molecule has 2 heterocycles. The minimum absolute atomic E-state index is 0.0986. The van der Waals surface area contributed by atoms with Gasteiger partial charge in [0.25, 0.3) is 0 Å². The molecule has 1 N–H and O–H groups in total. The first-order chi connectivity index (χ1) is 15.6. The zero-order valence-electron chi connectivity index (χ0n) is 19.0. The maximum atomic E-state index is 13.7. The van der Waals surface area contributed by atoms with Gasteiger partial charge in [-0.25, -0.2) is 9.07 Å². The highest BCUT2D eigenvalue weighted by atomic mass is 32.2. The van der Waals surface area contributed by atoms with Gasteiger partial charge in [-0.15, -0.1) is 11.8 Å². The highest BCUT2D eigenvalue weighted by Gasteiger charge is 2.40. The van der Waals surface area contributed by atoms with Crippen LogP contribution in [0.25, 0.3) is 5.69 Å². The number of hydrogen-bond donors (Lipinski definition) is 1. The molecule has 1 atom stereocenters. The summed E-state index contributed by atoms with van der Waals surface area (Å²) in [7, 11) is 0. The van der Waals surface area contributed by atoms with E-state index < -0.39 is 12.5 Å². The third kappa shape index (κ3) is 4.39. The number of hydrogen-bond acceptors (Lipinski definition) is 4. The second kappa shape index (κ2) is 8.67. The third-order valence-electron chi connectivity index (χ3n) is 5.61. The van der Waals surface area contributed by atoms with Crippen molar-refractivity contribution >= 4 is 29.5 Å². The van der Waals surface area contributed by atoms with Crippen LogP contribution in [-0.4, -0.2) is 39.1 Å². The minimum Gasteiger partial charge on any atom is -0.480 e. The van der Waals surface area contributed by atoms with Crippen molar-refractivity contribution in [3.8, 4) is 5.69 Å². The predicted octanol–water partition coefficient (Wildman–Crippen LogP) is 4.87. The molecule has 0 saturated heterocycles. The van der Waals surface area contributed by atoms with E-state index in [1.807, 2.05) is 52.0 Å². The summed E-state index contributed by atoms with van der Waals surface area (Å²) in [6.07, 6.45) is 0. The summed E-state index contributed by atoms with van der Waals surface area (Å²) in [6, 6.07) is 13.9. The van der Waals surface area contributed by atoms with Gasteiger partial charge < -0.3 is 5.11 Å². The van der Waals surface area contributed by atoms with Crippen molar-refractivity contribution in [3.05, 3.63) is 76.7 Å². The van der Waals surface area contributed by atoms with Gasteiger partial charge in [0.05, 0.1) is 22.4 Å². The average Bonchev–Trinajstić information content (AvgIpc) is 3.08. The first-order valence-corrected chi connectivity index (χ1v) is 11.7. The van der Waals surface area contributed by atoms with Gasteiger partial charge in [0.1, 0.15) is 18.2 Å². The quantitative estimate of drug-likeness (QED) is 0.592. The summed E-state index contributed by atoms with van der Waals surface area (Å²) < 4.78 is 15.4. The van der Waals surface area contributed by atoms with Crippen LogP contribution in [0.3, 0.4) is 0 Å². The fraction of sp³-hybridized carbons (Fsp3) is 0.320. The number of nitrogens with zero attached hydrogens (tertiary/aromatic N) is 3. The second-order valence-corrected chi connectivity index (χ2v) is 10.2. The Labute approximate surface area is 196 Å². The lowest BCUT2D eigenvalue weighted by Crippen LogP contribution is -2.38. The summed E-state index contributed by atoms with van der Waals surface area (Å²) in [5, 5.41) is 14.3. The van der Waals surface area contributed by atoms with E-state index in [0.717, 1.165) is 28.1 Å². The van der Waals surface area contributed by atoms with Crippen molar-refractivity contribution in [2.24, 2.45) is 0 Å². The topological polar surface area (TPSA) is 75.4 Å². The van der Waals surface area contributed by atoms with Crippen molar-refractivity contribution in [2.75, 3.05) is 17.2 Å². The summed E-state index contributed by atoms with van der Waals surface area (Å²) >= 11 is 1.41. The molecule has 0 radical (unpaired) electrons. The van der Waals surface area contributed by atoms with Crippen LogP contribution in [0.4, 0.5) is 10.2 Å². The molecule has 3 aromatic rings. The molecule has 6 nitrogen and oxygen atoms in total. The Kier molecular flexibility index (Phi) is 6.05. The predicted molar refractivity (Wildman–Crippen MR) is 128 cm³/mol. The number of benzene rings is 2. The molecule has 0 spiro atoms. The van der Waals surface area contributed by atoms with Crippen LogP contribution < -0.4 is 4.90 Å². The lowest BCUT2D eigenvalue weighted by Gasteiger charge is -2.24. The van der Waals surface area contributed by atoms with E-state index in [9.17, 15) is 19.1 Å². The van der Waals surface area contributed by atoms with Crippen LogP contribution in [0.15, 0.2) is 48.5 Å². The number of anilines is 1. The molecule has 172 valence electrons. The van der Waals surface area contributed by atoms with Crippen molar-refractivity contribution in [1.82, 2.24) is 9.78 Å². The summed E-state index contributed by atoms with van der Waals surface area (Å²) in [5.41, 5.74) is 3.72. The van der Waals surface area contributed by atoms with Crippen molar-refractivity contribution in [1.29, 1.82) is 0 Å². The van der Waals surface area contributed by atoms with Gasteiger partial charge in [-0.05, 0) is 36.2 Å². The number of para-hydroxylation sites is 1. The minimum atomic E-state index is -1.10. The Morgan fingerprint density at radius 3 is 2.45 bits per heavy atom. The number of carbonyl (C=O) groups excluding carboxylic acids is 1. The number of carboxylic acid groups (broad SMARTS) is 1. The van der Waals surface area contributed by atoms with E-state index in [-0.39, 0.29) is 28.1 Å². The first-order valence-electron chi connectivity index (χ1n) is 10.7. The van der Waals surface area contributed by atoms with E-state index in [2.05, 4.69) is 0 Å². The number of carbonyl (C=O) groups is 2. The van der Waals surface area contributed by atoms with Crippen LogP contribution >= 0.6 is 11.8 Å². The van der Waals surface area contributed by atoms with Crippen molar-refractivity contribution in [2.45, 2.75) is 38.4 Å².